The Morgan fingerprint density at radius 1 is 1.02 bits per heavy atom. The number of aliphatic hydroxyl groups excluding tert-OH is 1. The lowest BCUT2D eigenvalue weighted by Gasteiger charge is -2.29. The third-order valence-electron chi connectivity index (χ3n) is 9.77. The number of aldehydes is 1. The van der Waals surface area contributed by atoms with E-state index < -0.39 is 47.7 Å². The molecule has 0 saturated heterocycles. The number of carbonyl (C=O) groups is 5. The van der Waals surface area contributed by atoms with E-state index in [0.717, 1.165) is 22.4 Å². The van der Waals surface area contributed by atoms with Gasteiger partial charge in [-0.3, -0.25) is 24.0 Å². The molecule has 1 aliphatic rings. The third-order valence-corrected chi connectivity index (χ3v) is 9.77. The number of hydrogen-bond donors (Lipinski definition) is 3. The van der Waals surface area contributed by atoms with Gasteiger partial charge in [-0.15, -0.1) is 0 Å². The second-order valence-electron chi connectivity index (χ2n) is 13.8. The summed E-state index contributed by atoms with van der Waals surface area (Å²) in [6.45, 7) is 8.24. The van der Waals surface area contributed by atoms with Crippen LogP contribution >= 0.6 is 0 Å². The Morgan fingerprint density at radius 3 is 2.34 bits per heavy atom. The van der Waals surface area contributed by atoms with Crippen molar-refractivity contribution >= 4 is 40.4 Å². The molecule has 6 atom stereocenters. The summed E-state index contributed by atoms with van der Waals surface area (Å²) in [4.78, 5) is 67.1. The van der Waals surface area contributed by atoms with Crippen LogP contribution in [-0.2, 0) is 28.7 Å². The highest BCUT2D eigenvalue weighted by Crippen LogP contribution is 2.28. The molecule has 1 aliphatic heterocycles. The number of allylic oxidation sites excluding steroid dienone is 5. The van der Waals surface area contributed by atoms with Gasteiger partial charge in [0.05, 0.1) is 30.6 Å². The highest BCUT2D eigenvalue weighted by atomic mass is 16.5. The van der Waals surface area contributed by atoms with Crippen molar-refractivity contribution in [3.8, 4) is 0 Å². The lowest BCUT2D eigenvalue weighted by atomic mass is 9.85. The van der Waals surface area contributed by atoms with Crippen LogP contribution in [-0.4, -0.2) is 78.7 Å². The number of fused-ring (bicyclic) bond motifs is 1. The van der Waals surface area contributed by atoms with Crippen LogP contribution in [0.3, 0.4) is 0 Å². The minimum atomic E-state index is -0.954. The minimum Gasteiger partial charge on any atom is -0.395 e. The zero-order valence-corrected chi connectivity index (χ0v) is 31.7. The molecule has 2 aromatic carbocycles. The Hall–Kier alpha value is -4.97. The van der Waals surface area contributed by atoms with E-state index in [4.69, 9.17) is 20.9 Å². The molecule has 0 aromatic heterocycles. The fourth-order valence-corrected chi connectivity index (χ4v) is 6.71. The number of ether oxygens (including phenoxy) is 2. The van der Waals surface area contributed by atoms with Crippen molar-refractivity contribution in [2.24, 2.45) is 29.2 Å². The molecule has 0 spiro atoms. The summed E-state index contributed by atoms with van der Waals surface area (Å²) in [5.74, 6) is -3.28. The van der Waals surface area contributed by atoms with Crippen LogP contribution in [0.1, 0.15) is 64.2 Å². The maximum Gasteiger partial charge on any atom is 0.254 e. The van der Waals surface area contributed by atoms with Crippen LogP contribution in [0.15, 0.2) is 101 Å². The van der Waals surface area contributed by atoms with E-state index in [1.54, 1.807) is 37.3 Å². The normalized spacial score (nSPS) is 29.5. The lowest BCUT2D eigenvalue weighted by Crippen LogP contribution is -2.35. The Morgan fingerprint density at radius 2 is 1.70 bits per heavy atom. The van der Waals surface area contributed by atoms with Crippen molar-refractivity contribution in [3.63, 3.8) is 0 Å². The van der Waals surface area contributed by atoms with Crippen LogP contribution in [0.4, 0.5) is 0 Å². The molecule has 0 saturated carbocycles. The fourth-order valence-electron chi connectivity index (χ4n) is 6.71. The second kappa shape index (κ2) is 19.8. The highest BCUT2D eigenvalue weighted by molar-refractivity contribution is 6.11. The number of amides is 2. The van der Waals surface area contributed by atoms with E-state index in [2.05, 4.69) is 0 Å². The van der Waals surface area contributed by atoms with Crippen molar-refractivity contribution in [1.29, 1.82) is 0 Å². The monoisotopic (exact) mass is 727 g/mol. The van der Waals surface area contributed by atoms with Crippen LogP contribution in [0, 0.1) is 17.8 Å². The number of hydrogen-bond acceptors (Lipinski definition) is 9. The Kier molecular flexibility index (Phi) is 15.8. The zero-order valence-electron chi connectivity index (χ0n) is 31.7. The zero-order chi connectivity index (χ0) is 39.4. The summed E-state index contributed by atoms with van der Waals surface area (Å²) in [6.07, 6.45) is 6.62. The smallest absolute Gasteiger partial charge is 0.254 e. The molecule has 2 aromatic rings. The predicted molar refractivity (Wildman–Crippen MR) is 205 cm³/mol. The standard InChI is InChI=1S/C42H53N3O8/c1-25-18-31(24-46)40(44)35(47)21-29(5)45(23-36(48)33-16-11-14-30-13-8-9-15-32(30)33)42(51)26(2)12-10-17-37(52-6)34(22-39(43)49)27(3)20-28(4)41(50)38(19-25)53-7/h8-17,20-21,24-25,28,34,37-38,41,50H,18-19,22-23,44H2,1-7H3,(H2,43,49)/b17-10-,26-12+,27-20+,29-21+,40-31+/t25-,28+,34+,37+,38+,41-/m1/s1. The largest absolute Gasteiger partial charge is 0.395 e. The van der Waals surface area contributed by atoms with Crippen molar-refractivity contribution in [1.82, 2.24) is 4.90 Å². The molecular formula is C42H53N3O8. The highest BCUT2D eigenvalue weighted by Gasteiger charge is 2.29. The molecule has 1 heterocycles. The van der Waals surface area contributed by atoms with E-state index in [0.29, 0.717) is 18.3 Å². The molecule has 0 radical (unpaired) electrons. The first-order valence-corrected chi connectivity index (χ1v) is 17.7. The van der Waals surface area contributed by atoms with Crippen molar-refractivity contribution < 1.29 is 38.6 Å². The number of nitrogens with two attached hydrogens (primary N) is 2. The summed E-state index contributed by atoms with van der Waals surface area (Å²) in [6, 6.07) is 12.8. The lowest BCUT2D eigenvalue weighted by molar-refractivity contribution is -0.125. The molecule has 3 rings (SSSR count). The molecule has 53 heavy (non-hydrogen) atoms. The van der Waals surface area contributed by atoms with Gasteiger partial charge in [0.2, 0.25) is 11.7 Å². The molecule has 11 heteroatoms. The summed E-state index contributed by atoms with van der Waals surface area (Å²) < 4.78 is 11.5. The minimum absolute atomic E-state index is 0.0370. The number of nitrogens with zero attached hydrogens (tertiary/aromatic N) is 1. The first kappa shape index (κ1) is 42.4. The first-order chi connectivity index (χ1) is 25.1. The number of ketones is 2. The van der Waals surface area contributed by atoms with Gasteiger partial charge < -0.3 is 30.9 Å². The maximum absolute atomic E-state index is 14.1. The topological polar surface area (TPSA) is 179 Å². The Balaban J connectivity index is 2.18. The first-order valence-electron chi connectivity index (χ1n) is 17.7. The second-order valence-corrected chi connectivity index (χ2v) is 13.8. The van der Waals surface area contributed by atoms with Crippen LogP contribution in [0.5, 0.6) is 0 Å². The van der Waals surface area contributed by atoms with Gasteiger partial charge in [0, 0.05) is 61.0 Å². The van der Waals surface area contributed by atoms with Crippen molar-refractivity contribution in [3.05, 3.63) is 107 Å². The number of benzene rings is 2. The molecule has 284 valence electrons. The molecule has 0 fully saturated rings. The van der Waals surface area contributed by atoms with Gasteiger partial charge in [0.1, 0.15) is 6.29 Å². The molecule has 0 aliphatic carbocycles. The van der Waals surface area contributed by atoms with E-state index in [-0.39, 0.29) is 53.6 Å². The van der Waals surface area contributed by atoms with Crippen molar-refractivity contribution in [2.75, 3.05) is 20.8 Å². The van der Waals surface area contributed by atoms with Gasteiger partial charge in [0.15, 0.2) is 5.78 Å². The molecular weight excluding hydrogens is 674 g/mol. The molecule has 5 N–H and O–H groups in total. The van der Waals surface area contributed by atoms with Crippen LogP contribution < -0.4 is 11.5 Å². The van der Waals surface area contributed by atoms with E-state index in [1.165, 1.54) is 26.0 Å². The average molecular weight is 728 g/mol. The summed E-state index contributed by atoms with van der Waals surface area (Å²) >= 11 is 0. The molecule has 0 bridgehead atoms. The number of carbonyl (C=O) groups excluding carboxylic acids is 5. The van der Waals surface area contributed by atoms with E-state index >= 15 is 0 Å². The van der Waals surface area contributed by atoms with Gasteiger partial charge in [0.25, 0.3) is 5.91 Å². The van der Waals surface area contributed by atoms with Gasteiger partial charge in [-0.2, -0.15) is 0 Å². The number of Topliss-reactive ketones (excluding diaryl/α,β-unsaturated/α-hetero) is 1. The summed E-state index contributed by atoms with van der Waals surface area (Å²) in [5.41, 5.74) is 13.2. The molecule has 0 unspecified atom stereocenters. The SMILES string of the molecule is CO[C@H]1/C=C\C=C(/C)C(=O)N(CC(=O)c2cccc3ccccc23)/C(C)=C/C(=O)/C(N)=C(\C=O)C[C@@H](C)C[C@H](OC)[C@H](O)[C@@H](C)/C=C(\C)[C@@H]1CC(N)=O. The summed E-state index contributed by atoms with van der Waals surface area (Å²) in [7, 11) is 2.99. The number of rotatable bonds is 8. The maximum atomic E-state index is 14.1. The third kappa shape index (κ3) is 11.3. The fraction of sp³-hybridized carbons (Fsp3) is 0.405. The molecule has 11 nitrogen and oxygen atoms in total. The predicted octanol–water partition coefficient (Wildman–Crippen LogP) is 5.13. The quantitative estimate of drug-likeness (QED) is 0.189. The van der Waals surface area contributed by atoms with Gasteiger partial charge in [-0.25, -0.2) is 0 Å². The van der Waals surface area contributed by atoms with E-state index in [9.17, 15) is 29.1 Å². The summed E-state index contributed by atoms with van der Waals surface area (Å²) in [5, 5.41) is 12.9. The van der Waals surface area contributed by atoms with Gasteiger partial charge >= 0.3 is 0 Å². The number of aliphatic hydroxyl groups is 1. The number of primary amides is 1. The van der Waals surface area contributed by atoms with Crippen LogP contribution in [0.25, 0.3) is 10.8 Å². The van der Waals surface area contributed by atoms with Crippen molar-refractivity contribution in [2.45, 2.75) is 72.2 Å². The average Bonchev–Trinajstić information content (AvgIpc) is 3.13. The Bertz CT molecular complexity index is 1830. The van der Waals surface area contributed by atoms with E-state index in [1.807, 2.05) is 57.2 Å². The van der Waals surface area contributed by atoms with Crippen LogP contribution in [0.2, 0.25) is 0 Å². The number of methoxy groups -OCH3 is 2. The van der Waals surface area contributed by atoms with Gasteiger partial charge in [-0.1, -0.05) is 86.2 Å². The Labute approximate surface area is 312 Å². The molecule has 2 amide bonds. The van der Waals surface area contributed by atoms with Gasteiger partial charge in [-0.05, 0) is 50.3 Å².